The van der Waals surface area contributed by atoms with Crippen molar-refractivity contribution in [2.75, 3.05) is 9.80 Å². The summed E-state index contributed by atoms with van der Waals surface area (Å²) < 4.78 is 13.3. The van der Waals surface area contributed by atoms with Gasteiger partial charge in [0.1, 0.15) is 11.2 Å². The van der Waals surface area contributed by atoms with E-state index in [-0.39, 0.29) is 11.8 Å². The molecule has 0 saturated carbocycles. The van der Waals surface area contributed by atoms with Gasteiger partial charge in [-0.15, -0.1) is 0 Å². The third-order valence-corrected chi connectivity index (χ3v) is 19.8. The summed E-state index contributed by atoms with van der Waals surface area (Å²) in [6.07, 6.45) is 0. The predicted molar refractivity (Wildman–Crippen MR) is 381 cm³/mol. The third-order valence-electron chi connectivity index (χ3n) is 19.8. The van der Waals surface area contributed by atoms with Gasteiger partial charge in [-0.2, -0.15) is 0 Å². The Hall–Kier alpha value is -11.2. The van der Waals surface area contributed by atoms with Crippen LogP contribution in [0.1, 0.15) is 72.9 Å². The van der Waals surface area contributed by atoms with Gasteiger partial charge < -0.3 is 18.6 Å². The van der Waals surface area contributed by atoms with Crippen molar-refractivity contribution in [2.24, 2.45) is 0 Å². The molecule has 4 nitrogen and oxygen atoms in total. The van der Waals surface area contributed by atoms with Crippen LogP contribution in [0.5, 0.6) is 0 Å². The summed E-state index contributed by atoms with van der Waals surface area (Å²) in [5, 5.41) is 9.63. The minimum absolute atomic E-state index is 0.256. The van der Waals surface area contributed by atoms with E-state index in [2.05, 4.69) is 317 Å². The fourth-order valence-corrected chi connectivity index (χ4v) is 15.8. The normalized spacial score (nSPS) is 12.9. The monoisotopic (exact) mass is 1170 g/mol. The van der Waals surface area contributed by atoms with Crippen LogP contribution in [0.15, 0.2) is 300 Å². The lowest BCUT2D eigenvalue weighted by molar-refractivity contribution is 0.668. The third kappa shape index (κ3) is 7.88. The molecule has 2 aliphatic rings. The molecule has 0 saturated heterocycles. The van der Waals surface area contributed by atoms with Gasteiger partial charge in [-0.25, -0.2) is 0 Å². The molecular weight excluding hydrogens is 1100 g/mol. The first-order valence-corrected chi connectivity index (χ1v) is 31.9. The largest absolute Gasteiger partial charge is 0.454 e. The SMILES string of the molecule is CC(C)c1cc2c(c3ccc(-c4ccc(N(c5ccccc5)c5cccc6c5oc5ccccc56)cc4)cc13)C1(c3ccccc3-c3ccccc31)c1c-2cc(C(C)C)c2cc(-c3ccc(N(c4ccccc4)c4cccc5c4oc4ccccc45)cc3)ccc12. The number of benzene rings is 14. The fourth-order valence-electron chi connectivity index (χ4n) is 15.8. The van der Waals surface area contributed by atoms with Crippen molar-refractivity contribution in [3.05, 3.63) is 325 Å². The highest BCUT2D eigenvalue weighted by molar-refractivity contribution is 6.14. The Labute approximate surface area is 529 Å². The molecule has 432 valence electrons. The summed E-state index contributed by atoms with van der Waals surface area (Å²) in [5.41, 5.74) is 27.3. The number of rotatable bonds is 10. The quantitative estimate of drug-likeness (QED) is 0.137. The van der Waals surface area contributed by atoms with Gasteiger partial charge >= 0.3 is 0 Å². The van der Waals surface area contributed by atoms with Gasteiger partial charge in [0, 0.05) is 44.3 Å². The summed E-state index contributed by atoms with van der Waals surface area (Å²) >= 11 is 0. The maximum Gasteiger partial charge on any atom is 0.159 e. The summed E-state index contributed by atoms with van der Waals surface area (Å²) in [4.78, 5) is 4.64. The molecule has 0 atom stereocenters. The van der Waals surface area contributed by atoms with Crippen LogP contribution in [0.2, 0.25) is 0 Å². The molecule has 2 aliphatic carbocycles. The van der Waals surface area contributed by atoms with Crippen LogP contribution in [-0.4, -0.2) is 0 Å². The Morgan fingerprint density at radius 1 is 0.275 bits per heavy atom. The van der Waals surface area contributed by atoms with Crippen molar-refractivity contribution in [2.45, 2.75) is 44.9 Å². The van der Waals surface area contributed by atoms with Crippen LogP contribution in [0, 0.1) is 0 Å². The van der Waals surface area contributed by atoms with E-state index >= 15 is 0 Å². The van der Waals surface area contributed by atoms with Crippen LogP contribution in [0.25, 0.3) is 110 Å². The zero-order valence-electron chi connectivity index (χ0n) is 51.1. The molecule has 1 spiro atoms. The number of nitrogens with zero attached hydrogens (tertiary/aromatic N) is 2. The van der Waals surface area contributed by atoms with Crippen LogP contribution < -0.4 is 9.80 Å². The standard InChI is InChI=1S/C87H62N2O2/c1-53(2)71-51-75-76-52-72(54(3)4)74-50-58(56-39-45-62(46-40-56)89(60-23-9-6-10-24-60)80-34-20-30-70-66-28-14-18-36-82(66)91-86(70)80)42-48-68(74)84(76)87(77-31-15-11-25-63(77)64-26-12-16-32-78(64)87)83(75)67-47-41-57(49-73(67)71)55-37-43-61(44-38-55)88(59-21-7-5-8-22-59)79-33-19-29-69-65-27-13-17-35-81(65)90-85(69)79/h5-54H,1-4H3. The molecule has 0 unspecified atom stereocenters. The second kappa shape index (κ2) is 20.4. The number of hydrogen-bond donors (Lipinski definition) is 0. The molecule has 0 N–H and O–H groups in total. The zero-order chi connectivity index (χ0) is 60.6. The Morgan fingerprint density at radius 3 is 1.07 bits per heavy atom. The maximum atomic E-state index is 6.66. The van der Waals surface area contributed by atoms with Crippen molar-refractivity contribution >= 4 is 99.5 Å². The molecule has 14 aromatic carbocycles. The Bertz CT molecular complexity index is 5250. The minimum Gasteiger partial charge on any atom is -0.454 e. The second-order valence-electron chi connectivity index (χ2n) is 25.4. The minimum atomic E-state index is -0.598. The highest BCUT2D eigenvalue weighted by Crippen LogP contribution is 2.66. The van der Waals surface area contributed by atoms with Gasteiger partial charge in [0.2, 0.25) is 0 Å². The van der Waals surface area contributed by atoms with E-state index in [1.54, 1.807) is 0 Å². The summed E-state index contributed by atoms with van der Waals surface area (Å²) in [6, 6.07) is 107. The predicted octanol–water partition coefficient (Wildman–Crippen LogP) is 24.7. The van der Waals surface area contributed by atoms with Crippen molar-refractivity contribution in [1.29, 1.82) is 0 Å². The van der Waals surface area contributed by atoms with E-state index in [9.17, 15) is 0 Å². The van der Waals surface area contributed by atoms with E-state index in [1.807, 2.05) is 12.1 Å². The lowest BCUT2D eigenvalue weighted by Crippen LogP contribution is -2.26. The highest BCUT2D eigenvalue weighted by Gasteiger charge is 2.54. The van der Waals surface area contributed by atoms with E-state index in [4.69, 9.17) is 8.83 Å². The van der Waals surface area contributed by atoms with Crippen molar-refractivity contribution in [3.63, 3.8) is 0 Å². The van der Waals surface area contributed by atoms with Crippen molar-refractivity contribution in [3.8, 4) is 44.5 Å². The topological polar surface area (TPSA) is 32.8 Å². The van der Waals surface area contributed by atoms with Crippen molar-refractivity contribution in [1.82, 2.24) is 0 Å². The lowest BCUT2D eigenvalue weighted by atomic mass is 9.67. The fraction of sp³-hybridized carbons (Fsp3) is 0.0805. The molecular formula is C87H62N2O2. The molecule has 0 bridgehead atoms. The molecule has 2 heterocycles. The zero-order valence-corrected chi connectivity index (χ0v) is 51.1. The highest BCUT2D eigenvalue weighted by atomic mass is 16.3. The molecule has 16 aromatic rings. The first-order chi connectivity index (χ1) is 44.8. The van der Waals surface area contributed by atoms with Crippen LogP contribution >= 0.6 is 0 Å². The van der Waals surface area contributed by atoms with E-state index in [0.717, 1.165) is 89.1 Å². The molecule has 4 heteroatoms. The second-order valence-corrected chi connectivity index (χ2v) is 25.4. The number of furan rings is 2. The Kier molecular flexibility index (Phi) is 11.9. The van der Waals surface area contributed by atoms with Crippen LogP contribution in [0.4, 0.5) is 34.1 Å². The van der Waals surface area contributed by atoms with Gasteiger partial charge in [0.15, 0.2) is 11.2 Å². The summed E-state index contributed by atoms with van der Waals surface area (Å²) in [7, 11) is 0. The van der Waals surface area contributed by atoms with Crippen LogP contribution in [0.3, 0.4) is 0 Å². The lowest BCUT2D eigenvalue weighted by Gasteiger charge is -2.33. The summed E-state index contributed by atoms with van der Waals surface area (Å²) in [5.74, 6) is 0.512. The van der Waals surface area contributed by atoms with Gasteiger partial charge in [-0.3, -0.25) is 0 Å². The average molecular weight is 1170 g/mol. The number of para-hydroxylation sites is 6. The first kappa shape index (κ1) is 52.9. The molecule has 0 amide bonds. The van der Waals surface area contributed by atoms with Gasteiger partial charge in [-0.05, 0) is 208 Å². The average Bonchev–Trinajstić information content (AvgIpc) is 1.50. The molecule has 0 aliphatic heterocycles. The van der Waals surface area contributed by atoms with Gasteiger partial charge in [-0.1, -0.05) is 222 Å². The smallest absolute Gasteiger partial charge is 0.159 e. The maximum absolute atomic E-state index is 6.66. The van der Waals surface area contributed by atoms with E-state index < -0.39 is 5.41 Å². The summed E-state index contributed by atoms with van der Waals surface area (Å²) in [6.45, 7) is 9.46. The number of fused-ring (bicyclic) bond motifs is 20. The van der Waals surface area contributed by atoms with Gasteiger partial charge in [0.25, 0.3) is 0 Å². The van der Waals surface area contributed by atoms with Gasteiger partial charge in [0.05, 0.1) is 16.8 Å². The van der Waals surface area contributed by atoms with E-state index in [1.165, 1.54) is 88.3 Å². The Balaban J connectivity index is 0.789. The molecule has 91 heavy (non-hydrogen) atoms. The Morgan fingerprint density at radius 2 is 0.637 bits per heavy atom. The van der Waals surface area contributed by atoms with Crippen LogP contribution in [-0.2, 0) is 5.41 Å². The van der Waals surface area contributed by atoms with E-state index in [0.29, 0.717) is 0 Å². The number of anilines is 6. The molecule has 2 aromatic heterocycles. The molecule has 18 rings (SSSR count). The molecule has 0 radical (unpaired) electrons. The first-order valence-electron chi connectivity index (χ1n) is 31.9. The molecule has 0 fully saturated rings. The number of hydrogen-bond acceptors (Lipinski definition) is 4. The van der Waals surface area contributed by atoms with Crippen molar-refractivity contribution < 1.29 is 8.83 Å².